The van der Waals surface area contributed by atoms with Gasteiger partial charge in [-0.05, 0) is 24.6 Å². The summed E-state index contributed by atoms with van der Waals surface area (Å²) in [4.78, 5) is 0. The van der Waals surface area contributed by atoms with Crippen LogP contribution in [-0.4, -0.2) is 18.5 Å². The molecule has 0 bridgehead atoms. The lowest BCUT2D eigenvalue weighted by atomic mass is 9.94. The first-order valence-electron chi connectivity index (χ1n) is 7.26. The second-order valence-corrected chi connectivity index (χ2v) is 5.35. The maximum atomic E-state index is 13.9. The third kappa shape index (κ3) is 3.12. The van der Waals surface area contributed by atoms with Crippen molar-refractivity contribution in [1.82, 2.24) is 5.43 Å². The van der Waals surface area contributed by atoms with Crippen LogP contribution in [0.5, 0.6) is 0 Å². The number of hydrogen-bond donors (Lipinski definition) is 1. The molecule has 7 heteroatoms. The molecule has 1 heterocycles. The Bertz CT molecular complexity index is 786. The first-order chi connectivity index (χ1) is 11.4. The molecular formula is C17H14F4N2O. The van der Waals surface area contributed by atoms with E-state index in [2.05, 4.69) is 10.5 Å². The summed E-state index contributed by atoms with van der Waals surface area (Å²) in [6, 6.07) is 9.12. The largest absolute Gasteiger partial charge is 0.417 e. The van der Waals surface area contributed by atoms with Crippen LogP contribution in [0, 0.1) is 5.82 Å². The number of nitrogens with zero attached hydrogens (tertiary/aromatic N) is 1. The fourth-order valence-electron chi connectivity index (χ4n) is 2.60. The first kappa shape index (κ1) is 16.4. The van der Waals surface area contributed by atoms with Gasteiger partial charge in [-0.3, -0.25) is 5.43 Å². The van der Waals surface area contributed by atoms with Gasteiger partial charge in [0.05, 0.1) is 11.3 Å². The van der Waals surface area contributed by atoms with Crippen molar-refractivity contribution in [3.63, 3.8) is 0 Å². The van der Waals surface area contributed by atoms with Crippen molar-refractivity contribution in [3.8, 4) is 11.1 Å². The van der Waals surface area contributed by atoms with E-state index in [1.807, 2.05) is 0 Å². The molecule has 3 rings (SSSR count). The van der Waals surface area contributed by atoms with E-state index < -0.39 is 23.7 Å². The van der Waals surface area contributed by atoms with E-state index in [1.54, 1.807) is 6.92 Å². The summed E-state index contributed by atoms with van der Waals surface area (Å²) >= 11 is 0. The molecule has 1 aliphatic rings. The molecule has 3 nitrogen and oxygen atoms in total. The van der Waals surface area contributed by atoms with Crippen molar-refractivity contribution in [2.45, 2.75) is 19.2 Å². The molecule has 24 heavy (non-hydrogen) atoms. The molecule has 126 valence electrons. The quantitative estimate of drug-likeness (QED) is 0.834. The Labute approximate surface area is 135 Å². The summed E-state index contributed by atoms with van der Waals surface area (Å²) in [5.41, 5.74) is 2.04. The zero-order chi connectivity index (χ0) is 17.3. The minimum Gasteiger partial charge on any atom is -0.351 e. The lowest BCUT2D eigenvalue weighted by Gasteiger charge is -2.22. The van der Waals surface area contributed by atoms with Gasteiger partial charge in [0, 0.05) is 11.1 Å². The molecule has 0 saturated carbocycles. The molecule has 0 aliphatic carbocycles. The summed E-state index contributed by atoms with van der Waals surface area (Å²) in [5.74, 6) is -0.705. The molecule has 0 fully saturated rings. The Kier molecular flexibility index (Phi) is 4.28. The average molecular weight is 338 g/mol. The van der Waals surface area contributed by atoms with Gasteiger partial charge in [-0.2, -0.15) is 18.3 Å². The SMILES string of the molecule is C[C@@H]1OCNN=C1c1ccc(-c2ccccc2F)c(C(F)(F)F)c1. The molecule has 2 aromatic carbocycles. The van der Waals surface area contributed by atoms with Crippen molar-refractivity contribution in [1.29, 1.82) is 0 Å². The van der Waals surface area contributed by atoms with Crippen LogP contribution in [0.4, 0.5) is 17.6 Å². The second-order valence-electron chi connectivity index (χ2n) is 5.35. The zero-order valence-corrected chi connectivity index (χ0v) is 12.7. The van der Waals surface area contributed by atoms with Crippen LogP contribution in [0.1, 0.15) is 18.1 Å². The molecule has 0 aromatic heterocycles. The van der Waals surface area contributed by atoms with Gasteiger partial charge >= 0.3 is 6.18 Å². The van der Waals surface area contributed by atoms with Crippen LogP contribution in [0.3, 0.4) is 0 Å². The molecule has 0 unspecified atom stereocenters. The highest BCUT2D eigenvalue weighted by Gasteiger charge is 2.35. The Morgan fingerprint density at radius 2 is 1.88 bits per heavy atom. The van der Waals surface area contributed by atoms with Crippen LogP contribution in [0.2, 0.25) is 0 Å². The highest BCUT2D eigenvalue weighted by atomic mass is 19.4. The molecule has 2 aromatic rings. The smallest absolute Gasteiger partial charge is 0.351 e. The number of hydrazone groups is 1. The summed E-state index contributed by atoms with van der Waals surface area (Å²) in [6.07, 6.45) is -5.06. The minimum atomic E-state index is -4.62. The van der Waals surface area contributed by atoms with E-state index >= 15 is 0 Å². The standard InChI is InChI=1S/C17H14F4N2O/c1-10-16(23-22-9-24-10)11-6-7-12(14(8-11)17(19,20)21)13-4-2-3-5-15(13)18/h2-8,10,22H,9H2,1H3/t10-/m0/s1. The van der Waals surface area contributed by atoms with Crippen LogP contribution in [0.25, 0.3) is 11.1 Å². The lowest BCUT2D eigenvalue weighted by Crippen LogP contribution is -2.33. The highest BCUT2D eigenvalue weighted by Crippen LogP contribution is 2.38. The van der Waals surface area contributed by atoms with Crippen molar-refractivity contribution in [2.24, 2.45) is 5.10 Å². The van der Waals surface area contributed by atoms with E-state index in [0.717, 1.165) is 12.1 Å². The Morgan fingerprint density at radius 1 is 1.12 bits per heavy atom. The number of ether oxygens (including phenoxy) is 1. The second kappa shape index (κ2) is 6.24. The summed E-state index contributed by atoms with van der Waals surface area (Å²) in [7, 11) is 0. The summed E-state index contributed by atoms with van der Waals surface area (Å²) < 4.78 is 59.8. The molecule has 1 N–H and O–H groups in total. The number of rotatable bonds is 2. The van der Waals surface area contributed by atoms with Crippen molar-refractivity contribution in [2.75, 3.05) is 6.73 Å². The maximum absolute atomic E-state index is 13.9. The lowest BCUT2D eigenvalue weighted by molar-refractivity contribution is -0.137. The van der Waals surface area contributed by atoms with Crippen molar-refractivity contribution < 1.29 is 22.3 Å². The maximum Gasteiger partial charge on any atom is 0.417 e. The predicted molar refractivity (Wildman–Crippen MR) is 81.9 cm³/mol. The van der Waals surface area contributed by atoms with Crippen molar-refractivity contribution >= 4 is 5.71 Å². The summed E-state index contributed by atoms with van der Waals surface area (Å²) in [6.45, 7) is 1.90. The molecule has 1 aliphatic heterocycles. The Hall–Kier alpha value is -2.41. The topological polar surface area (TPSA) is 33.6 Å². The van der Waals surface area contributed by atoms with E-state index in [-0.39, 0.29) is 23.4 Å². The predicted octanol–water partition coefficient (Wildman–Crippen LogP) is 4.18. The van der Waals surface area contributed by atoms with Gasteiger partial charge < -0.3 is 4.74 Å². The Morgan fingerprint density at radius 3 is 2.54 bits per heavy atom. The molecule has 1 atom stereocenters. The van der Waals surface area contributed by atoms with Crippen LogP contribution in [0.15, 0.2) is 47.6 Å². The van der Waals surface area contributed by atoms with Gasteiger partial charge in [-0.25, -0.2) is 4.39 Å². The van der Waals surface area contributed by atoms with E-state index in [1.165, 1.54) is 30.3 Å². The van der Waals surface area contributed by atoms with E-state index in [4.69, 9.17) is 4.74 Å². The van der Waals surface area contributed by atoms with Gasteiger partial charge in [-0.1, -0.05) is 30.3 Å². The third-order valence-electron chi connectivity index (χ3n) is 3.77. The Balaban J connectivity index is 2.15. The number of halogens is 4. The zero-order valence-electron chi connectivity index (χ0n) is 12.7. The average Bonchev–Trinajstić information content (AvgIpc) is 2.55. The van der Waals surface area contributed by atoms with Crippen molar-refractivity contribution in [3.05, 3.63) is 59.4 Å². The van der Waals surface area contributed by atoms with E-state index in [0.29, 0.717) is 5.71 Å². The van der Waals surface area contributed by atoms with Crippen LogP contribution < -0.4 is 5.43 Å². The molecule has 0 saturated heterocycles. The third-order valence-corrected chi connectivity index (χ3v) is 3.77. The van der Waals surface area contributed by atoms with Gasteiger partial charge in [0.2, 0.25) is 0 Å². The highest BCUT2D eigenvalue weighted by molar-refractivity contribution is 6.04. The minimum absolute atomic E-state index is 0.0932. The summed E-state index contributed by atoms with van der Waals surface area (Å²) in [5, 5.41) is 4.02. The van der Waals surface area contributed by atoms with E-state index in [9.17, 15) is 17.6 Å². The monoisotopic (exact) mass is 338 g/mol. The molecule has 0 spiro atoms. The van der Waals surface area contributed by atoms with Gasteiger partial charge in [0.15, 0.2) is 0 Å². The fraction of sp³-hybridized carbons (Fsp3) is 0.235. The number of hydrogen-bond acceptors (Lipinski definition) is 3. The number of alkyl halides is 3. The van der Waals surface area contributed by atoms with Crippen LogP contribution >= 0.6 is 0 Å². The van der Waals surface area contributed by atoms with Gasteiger partial charge in [-0.15, -0.1) is 0 Å². The van der Waals surface area contributed by atoms with Gasteiger partial charge in [0.25, 0.3) is 0 Å². The first-order valence-corrected chi connectivity index (χ1v) is 7.26. The molecular weight excluding hydrogens is 324 g/mol. The normalized spacial score (nSPS) is 18.0. The molecule has 0 radical (unpaired) electrons. The fourth-order valence-corrected chi connectivity index (χ4v) is 2.60. The number of nitrogens with one attached hydrogen (secondary N) is 1. The molecule has 0 amide bonds. The van der Waals surface area contributed by atoms with Gasteiger partial charge in [0.1, 0.15) is 18.7 Å². The van der Waals surface area contributed by atoms with Crippen LogP contribution in [-0.2, 0) is 10.9 Å². The number of benzene rings is 2.